The number of aliphatic hydroxyl groups is 2. The number of fused-ring (bicyclic) bond motifs is 3. The molecule has 1 spiro atoms. The van der Waals surface area contributed by atoms with E-state index in [0.717, 1.165) is 19.1 Å². The van der Waals surface area contributed by atoms with Crippen molar-refractivity contribution in [2.24, 2.45) is 11.8 Å². The first kappa shape index (κ1) is 50.5. The number of hydrogen-bond acceptors (Lipinski definition) is 15. The van der Waals surface area contributed by atoms with Crippen LogP contribution in [0, 0.1) is 23.7 Å². The van der Waals surface area contributed by atoms with E-state index >= 15 is 14.4 Å². The first-order valence-electron chi connectivity index (χ1n) is 23.2. The molecule has 372 valence electrons. The predicted octanol–water partition coefficient (Wildman–Crippen LogP) is 5.06. The quantitative estimate of drug-likeness (QED) is 0.0387. The molecular weight excluding hydrogens is 927 g/mol. The fourth-order valence-electron chi connectivity index (χ4n) is 10.1. The lowest BCUT2D eigenvalue weighted by Crippen LogP contribution is -2.56. The number of benzene rings is 5. The summed E-state index contributed by atoms with van der Waals surface area (Å²) >= 11 is 0. The molecule has 7 atom stereocenters. The van der Waals surface area contributed by atoms with Gasteiger partial charge < -0.3 is 44.0 Å². The first-order chi connectivity index (χ1) is 35.0. The minimum absolute atomic E-state index is 0.0120. The normalized spacial score (nSPS) is 21.4. The highest BCUT2D eigenvalue weighted by Gasteiger charge is 2.75. The molecule has 17 heteroatoms. The number of morpholine rings is 1. The molecule has 0 radical (unpaired) electrons. The number of ether oxygens (including phenoxy) is 6. The lowest BCUT2D eigenvalue weighted by molar-refractivity contribution is -0.178. The summed E-state index contributed by atoms with van der Waals surface area (Å²) in [5, 5.41) is 23.9. The highest BCUT2D eigenvalue weighted by molar-refractivity contribution is 6.23. The van der Waals surface area contributed by atoms with Crippen molar-refractivity contribution in [1.82, 2.24) is 10.2 Å². The highest BCUT2D eigenvalue weighted by atomic mass is 16.6. The molecule has 5 aromatic rings. The van der Waals surface area contributed by atoms with E-state index < -0.39 is 83.4 Å². The molecular formula is C55H53N3O14. The fraction of sp³-hybridized carbons (Fsp3) is 0.309. The molecule has 3 amide bonds. The molecule has 8 rings (SSSR count). The van der Waals surface area contributed by atoms with Gasteiger partial charge in [0.2, 0.25) is 11.8 Å². The number of nitrogens with zero attached hydrogens (tertiary/aromatic N) is 2. The SMILES string of the molecule is COCCOC(=O)N1C(=O)C2(c3cc(C#CCC(C(=O)OC)C(=O)OC)ccc31)C(C(=O)NCC(O)c1ccccc1)C1C(=O)OC(c3ccccc3)C(c3ccccc3)N1C2c1ccc(OCCO)cc1. The molecule has 17 nitrogen and oxygen atoms in total. The summed E-state index contributed by atoms with van der Waals surface area (Å²) < 4.78 is 32.8. The summed E-state index contributed by atoms with van der Waals surface area (Å²) in [5.74, 6) is -1.18. The van der Waals surface area contributed by atoms with Gasteiger partial charge in [-0.15, -0.1) is 0 Å². The molecule has 7 unspecified atom stereocenters. The van der Waals surface area contributed by atoms with Crippen LogP contribution < -0.4 is 15.0 Å². The van der Waals surface area contributed by atoms with Crippen molar-refractivity contribution in [2.75, 3.05) is 59.2 Å². The van der Waals surface area contributed by atoms with Crippen LogP contribution in [0.15, 0.2) is 133 Å². The molecule has 3 aliphatic heterocycles. The number of esters is 3. The summed E-state index contributed by atoms with van der Waals surface area (Å²) in [6, 6.07) is 34.5. The molecule has 0 bridgehead atoms. The van der Waals surface area contributed by atoms with Gasteiger partial charge in [-0.05, 0) is 58.1 Å². The molecule has 2 saturated heterocycles. The Bertz CT molecular complexity index is 2820. The number of anilines is 1. The molecule has 3 aliphatic rings. The van der Waals surface area contributed by atoms with Gasteiger partial charge in [-0.3, -0.25) is 28.9 Å². The van der Waals surface area contributed by atoms with Crippen molar-refractivity contribution in [3.05, 3.63) is 167 Å². The standard InChI is InChI=1S/C55H53N3O14/c1-67-30-31-71-54(66)57-42-27-22-34(14-13-21-40(50(62)68-2)51(63)69-3)32-41(42)55(53(57)65)44(49(61)56-33-43(60)35-15-7-4-8-16-35)46-52(64)72-47(37-19-11-6-12-20-37)45(36-17-9-5-10-18-36)58(46)48(55)38-23-25-39(26-24-38)70-29-28-59/h4-12,15-20,22-27,32,40,43-48,59-60H,21,28-31,33H2,1-3H3,(H,56,61). The maximum atomic E-state index is 16.4. The van der Waals surface area contributed by atoms with E-state index in [1.54, 1.807) is 60.7 Å². The van der Waals surface area contributed by atoms with Crippen LogP contribution in [0.5, 0.6) is 5.75 Å². The predicted molar refractivity (Wildman–Crippen MR) is 258 cm³/mol. The van der Waals surface area contributed by atoms with Gasteiger partial charge >= 0.3 is 24.0 Å². The van der Waals surface area contributed by atoms with Crippen LogP contribution in [0.2, 0.25) is 0 Å². The van der Waals surface area contributed by atoms with E-state index in [1.807, 2.05) is 65.6 Å². The van der Waals surface area contributed by atoms with Gasteiger partial charge in [-0.1, -0.05) is 115 Å². The number of aliphatic hydroxyl groups excluding tert-OH is 2. The van der Waals surface area contributed by atoms with Crippen molar-refractivity contribution >= 4 is 41.5 Å². The van der Waals surface area contributed by atoms with Gasteiger partial charge in [0.05, 0.1) is 57.2 Å². The zero-order chi connectivity index (χ0) is 50.9. The summed E-state index contributed by atoms with van der Waals surface area (Å²) in [6.45, 7) is -0.886. The van der Waals surface area contributed by atoms with Crippen molar-refractivity contribution in [2.45, 2.75) is 42.2 Å². The molecule has 3 heterocycles. The third-order valence-electron chi connectivity index (χ3n) is 13.2. The van der Waals surface area contributed by atoms with Gasteiger partial charge in [0.15, 0.2) is 5.92 Å². The fourth-order valence-corrected chi connectivity index (χ4v) is 10.1. The van der Waals surface area contributed by atoms with E-state index in [9.17, 15) is 24.6 Å². The highest BCUT2D eigenvalue weighted by Crippen LogP contribution is 2.66. The molecule has 0 aromatic heterocycles. The molecule has 0 saturated carbocycles. The van der Waals surface area contributed by atoms with Crippen molar-refractivity contribution in [3.63, 3.8) is 0 Å². The minimum Gasteiger partial charge on any atom is -0.491 e. The number of carbonyl (C=O) groups is 6. The molecule has 0 aliphatic carbocycles. The summed E-state index contributed by atoms with van der Waals surface area (Å²) in [6.07, 6.45) is -3.63. The van der Waals surface area contributed by atoms with Crippen molar-refractivity contribution < 1.29 is 67.4 Å². The van der Waals surface area contributed by atoms with Crippen molar-refractivity contribution in [3.8, 4) is 17.6 Å². The van der Waals surface area contributed by atoms with Gasteiger partial charge in [-0.2, -0.15) is 0 Å². The van der Waals surface area contributed by atoms with Crippen LogP contribution in [0.1, 0.15) is 64.1 Å². The van der Waals surface area contributed by atoms with Gasteiger partial charge in [0.1, 0.15) is 36.5 Å². The molecule has 2 fully saturated rings. The van der Waals surface area contributed by atoms with Gasteiger partial charge in [0.25, 0.3) is 0 Å². The van der Waals surface area contributed by atoms with E-state index in [1.165, 1.54) is 19.2 Å². The zero-order valence-corrected chi connectivity index (χ0v) is 39.7. The summed E-state index contributed by atoms with van der Waals surface area (Å²) in [4.78, 5) is 89.9. The Morgan fingerprint density at radius 3 is 2.03 bits per heavy atom. The first-order valence-corrected chi connectivity index (χ1v) is 23.2. The smallest absolute Gasteiger partial charge is 0.421 e. The van der Waals surface area contributed by atoms with E-state index in [-0.39, 0.29) is 56.2 Å². The summed E-state index contributed by atoms with van der Waals surface area (Å²) in [5.41, 5.74) is 0.352. The lowest BCUT2D eigenvalue weighted by atomic mass is 9.65. The maximum Gasteiger partial charge on any atom is 0.421 e. The zero-order valence-electron chi connectivity index (χ0n) is 39.7. The molecule has 5 aromatic carbocycles. The van der Waals surface area contributed by atoms with Crippen LogP contribution in [-0.2, 0) is 53.1 Å². The summed E-state index contributed by atoms with van der Waals surface area (Å²) in [7, 11) is 3.68. The Labute approximate surface area is 415 Å². The average Bonchev–Trinajstić information content (AvgIpc) is 3.87. The van der Waals surface area contributed by atoms with E-state index in [4.69, 9.17) is 28.4 Å². The monoisotopic (exact) mass is 979 g/mol. The van der Waals surface area contributed by atoms with E-state index in [0.29, 0.717) is 28.0 Å². The third kappa shape index (κ3) is 9.64. The van der Waals surface area contributed by atoms with Gasteiger partial charge in [-0.25, -0.2) is 9.69 Å². The van der Waals surface area contributed by atoms with Crippen LogP contribution in [-0.4, -0.2) is 111 Å². The van der Waals surface area contributed by atoms with Crippen LogP contribution in [0.4, 0.5) is 10.5 Å². The van der Waals surface area contributed by atoms with E-state index in [2.05, 4.69) is 17.2 Å². The number of cyclic esters (lactones) is 1. The van der Waals surface area contributed by atoms with Crippen LogP contribution in [0.3, 0.4) is 0 Å². The second kappa shape index (κ2) is 22.5. The third-order valence-corrected chi connectivity index (χ3v) is 13.2. The number of carbonyl (C=O) groups excluding carboxylic acids is 6. The maximum absolute atomic E-state index is 16.4. The largest absolute Gasteiger partial charge is 0.491 e. The topological polar surface area (TPSA) is 217 Å². The lowest BCUT2D eigenvalue weighted by Gasteiger charge is -2.46. The molecule has 3 N–H and O–H groups in total. The molecule has 72 heavy (non-hydrogen) atoms. The number of hydrogen-bond donors (Lipinski definition) is 3. The van der Waals surface area contributed by atoms with Crippen molar-refractivity contribution in [1.29, 1.82) is 0 Å². The average molecular weight is 980 g/mol. The Morgan fingerprint density at radius 2 is 1.40 bits per heavy atom. The Hall–Kier alpha value is -7.88. The number of rotatable bonds is 16. The van der Waals surface area contributed by atoms with Gasteiger partial charge in [0, 0.05) is 25.6 Å². The van der Waals surface area contributed by atoms with Crippen LogP contribution >= 0.6 is 0 Å². The number of nitrogens with one attached hydrogen (secondary N) is 1. The van der Waals surface area contributed by atoms with Crippen LogP contribution in [0.25, 0.3) is 0 Å². The Balaban J connectivity index is 1.41. The Morgan fingerprint density at radius 1 is 0.764 bits per heavy atom. The Kier molecular flexibility index (Phi) is 15.8. The number of amides is 3. The second-order valence-corrected chi connectivity index (χ2v) is 17.2. The second-order valence-electron chi connectivity index (χ2n) is 17.2. The number of imide groups is 1. The minimum atomic E-state index is -2.22. The number of methoxy groups -OCH3 is 3.